The number of aliphatic hydroxyl groups is 1. The van der Waals surface area contributed by atoms with Crippen LogP contribution in [0.4, 0.5) is 0 Å². The molecular formula is C8H16NO3. The van der Waals surface area contributed by atoms with E-state index < -0.39 is 12.0 Å². The van der Waals surface area contributed by atoms with Crippen molar-refractivity contribution in [2.24, 2.45) is 5.73 Å². The van der Waals surface area contributed by atoms with Gasteiger partial charge in [0.05, 0.1) is 13.2 Å². The predicted octanol–water partition coefficient (Wildman–Crippen LogP) is 0.581. The molecule has 1 atom stereocenters. The second-order valence-electron chi connectivity index (χ2n) is 2.55. The molecule has 0 rings (SSSR count). The Bertz CT molecular complexity index is 127. The first kappa shape index (κ1) is 11.4. The normalized spacial score (nSPS) is 12.6. The van der Waals surface area contributed by atoms with Gasteiger partial charge in [0.2, 0.25) is 0 Å². The van der Waals surface area contributed by atoms with Gasteiger partial charge in [-0.3, -0.25) is 4.79 Å². The zero-order chi connectivity index (χ0) is 9.40. The number of esters is 1. The Balaban J connectivity index is 3.43. The largest absolute Gasteiger partial charge is 0.465 e. The minimum absolute atomic E-state index is 0.144. The van der Waals surface area contributed by atoms with E-state index in [2.05, 4.69) is 0 Å². The summed E-state index contributed by atoms with van der Waals surface area (Å²) in [6.45, 7) is 3.29. The van der Waals surface area contributed by atoms with Gasteiger partial charge in [0, 0.05) is 6.42 Å². The number of hydrogen-bond acceptors (Lipinski definition) is 4. The predicted molar refractivity (Wildman–Crippen MR) is 44.7 cm³/mol. The first-order valence-corrected chi connectivity index (χ1v) is 4.10. The summed E-state index contributed by atoms with van der Waals surface area (Å²) in [6, 6.07) is -0.730. The number of carbonyl (C=O) groups excluding carboxylic acids is 1. The molecule has 0 saturated heterocycles. The van der Waals surface area contributed by atoms with Crippen LogP contribution in [-0.2, 0) is 9.53 Å². The van der Waals surface area contributed by atoms with E-state index in [0.29, 0.717) is 6.61 Å². The van der Waals surface area contributed by atoms with Gasteiger partial charge in [0.15, 0.2) is 0 Å². The molecule has 0 aromatic heterocycles. The molecule has 4 heteroatoms. The van der Waals surface area contributed by atoms with Crippen molar-refractivity contribution < 1.29 is 14.6 Å². The van der Waals surface area contributed by atoms with E-state index in [4.69, 9.17) is 15.6 Å². The van der Waals surface area contributed by atoms with E-state index in [9.17, 15) is 4.79 Å². The SMILES string of the molecule is CCCCOC(=O)C(N)C[CH]O. The Morgan fingerprint density at radius 3 is 2.92 bits per heavy atom. The van der Waals surface area contributed by atoms with Crippen LogP contribution in [0.3, 0.4) is 0 Å². The molecule has 4 nitrogen and oxygen atoms in total. The summed E-state index contributed by atoms with van der Waals surface area (Å²) in [7, 11) is 0. The Morgan fingerprint density at radius 2 is 2.42 bits per heavy atom. The highest BCUT2D eigenvalue weighted by molar-refractivity contribution is 5.75. The van der Waals surface area contributed by atoms with E-state index in [1.54, 1.807) is 0 Å². The number of ether oxygens (including phenoxy) is 1. The molecule has 0 aliphatic heterocycles. The number of rotatable bonds is 6. The number of nitrogens with two attached hydrogens (primary N) is 1. The first-order chi connectivity index (χ1) is 5.72. The van der Waals surface area contributed by atoms with Crippen molar-refractivity contribution >= 4 is 5.97 Å². The highest BCUT2D eigenvalue weighted by Crippen LogP contribution is 1.95. The molecule has 12 heavy (non-hydrogen) atoms. The molecule has 0 amide bonds. The molecule has 0 bridgehead atoms. The summed E-state index contributed by atoms with van der Waals surface area (Å²) >= 11 is 0. The maximum atomic E-state index is 10.9. The molecule has 0 heterocycles. The zero-order valence-electron chi connectivity index (χ0n) is 7.32. The van der Waals surface area contributed by atoms with Crippen LogP contribution in [0.25, 0.3) is 0 Å². The fraction of sp³-hybridized carbons (Fsp3) is 0.750. The molecule has 1 unspecified atom stereocenters. The molecule has 71 valence electrons. The van der Waals surface area contributed by atoms with E-state index in [-0.39, 0.29) is 6.42 Å². The summed E-state index contributed by atoms with van der Waals surface area (Å²) < 4.78 is 4.80. The number of aliphatic hydroxyl groups excluding tert-OH is 1. The molecular weight excluding hydrogens is 158 g/mol. The number of unbranched alkanes of at least 4 members (excludes halogenated alkanes) is 1. The maximum absolute atomic E-state index is 10.9. The van der Waals surface area contributed by atoms with E-state index in [1.807, 2.05) is 6.92 Å². The highest BCUT2D eigenvalue weighted by Gasteiger charge is 2.13. The van der Waals surface area contributed by atoms with Crippen molar-refractivity contribution in [3.8, 4) is 0 Å². The van der Waals surface area contributed by atoms with Crippen molar-refractivity contribution in [3.63, 3.8) is 0 Å². The van der Waals surface area contributed by atoms with Gasteiger partial charge < -0.3 is 15.6 Å². The minimum Gasteiger partial charge on any atom is -0.465 e. The van der Waals surface area contributed by atoms with Crippen LogP contribution in [0.15, 0.2) is 0 Å². The van der Waals surface area contributed by atoms with Crippen LogP contribution in [-0.4, -0.2) is 23.7 Å². The lowest BCUT2D eigenvalue weighted by atomic mass is 10.2. The first-order valence-electron chi connectivity index (χ1n) is 4.10. The number of carbonyl (C=O) groups is 1. The van der Waals surface area contributed by atoms with Crippen molar-refractivity contribution in [1.82, 2.24) is 0 Å². The molecule has 0 aliphatic carbocycles. The summed E-state index contributed by atoms with van der Waals surface area (Å²) in [5.41, 5.74) is 5.34. The monoisotopic (exact) mass is 174 g/mol. The minimum atomic E-state index is -0.730. The Hall–Kier alpha value is -0.610. The van der Waals surface area contributed by atoms with Crippen LogP contribution < -0.4 is 5.73 Å². The molecule has 0 fully saturated rings. The van der Waals surface area contributed by atoms with Crippen molar-refractivity contribution in [3.05, 3.63) is 6.61 Å². The lowest BCUT2D eigenvalue weighted by Crippen LogP contribution is -2.32. The van der Waals surface area contributed by atoms with Crippen LogP contribution >= 0.6 is 0 Å². The molecule has 0 aliphatic rings. The van der Waals surface area contributed by atoms with Crippen molar-refractivity contribution in [2.75, 3.05) is 6.61 Å². The smallest absolute Gasteiger partial charge is 0.323 e. The van der Waals surface area contributed by atoms with Gasteiger partial charge in [-0.25, -0.2) is 0 Å². The standard InChI is InChI=1S/C8H16NO3/c1-2-3-6-12-8(11)7(9)4-5-10/h5,7,10H,2-4,6,9H2,1H3. The maximum Gasteiger partial charge on any atom is 0.323 e. The van der Waals surface area contributed by atoms with Gasteiger partial charge >= 0.3 is 5.97 Å². The van der Waals surface area contributed by atoms with Crippen molar-refractivity contribution in [2.45, 2.75) is 32.2 Å². The van der Waals surface area contributed by atoms with Gasteiger partial charge in [0.25, 0.3) is 0 Å². The van der Waals surface area contributed by atoms with E-state index in [1.165, 1.54) is 0 Å². The fourth-order valence-corrected chi connectivity index (χ4v) is 0.634. The van der Waals surface area contributed by atoms with Gasteiger partial charge in [-0.2, -0.15) is 0 Å². The van der Waals surface area contributed by atoms with Crippen LogP contribution in [0.5, 0.6) is 0 Å². The van der Waals surface area contributed by atoms with Crippen LogP contribution in [0, 0.1) is 6.61 Å². The van der Waals surface area contributed by atoms with E-state index >= 15 is 0 Å². The second-order valence-corrected chi connectivity index (χ2v) is 2.55. The molecule has 0 aromatic carbocycles. The zero-order valence-corrected chi connectivity index (χ0v) is 7.32. The molecule has 0 spiro atoms. The van der Waals surface area contributed by atoms with Crippen LogP contribution in [0.2, 0.25) is 0 Å². The average molecular weight is 174 g/mol. The van der Waals surface area contributed by atoms with Gasteiger partial charge in [-0.1, -0.05) is 13.3 Å². The molecule has 0 saturated carbocycles. The topological polar surface area (TPSA) is 72.5 Å². The van der Waals surface area contributed by atoms with Gasteiger partial charge in [-0.05, 0) is 6.42 Å². The van der Waals surface area contributed by atoms with Gasteiger partial charge in [0.1, 0.15) is 6.04 Å². The third-order valence-corrected chi connectivity index (χ3v) is 1.40. The number of hydrogen-bond donors (Lipinski definition) is 2. The summed E-state index contributed by atoms with van der Waals surface area (Å²) in [5, 5.41) is 8.34. The lowest BCUT2D eigenvalue weighted by Gasteiger charge is -2.08. The second kappa shape index (κ2) is 7.06. The third-order valence-electron chi connectivity index (χ3n) is 1.40. The molecule has 0 aromatic rings. The Kier molecular flexibility index (Phi) is 6.70. The Labute approximate surface area is 72.7 Å². The highest BCUT2D eigenvalue weighted by atomic mass is 16.5. The third kappa shape index (κ3) is 5.09. The summed E-state index contributed by atoms with van der Waals surface area (Å²) in [6.07, 6.45) is 1.97. The molecule has 1 radical (unpaired) electrons. The van der Waals surface area contributed by atoms with Crippen molar-refractivity contribution in [1.29, 1.82) is 0 Å². The van der Waals surface area contributed by atoms with E-state index in [0.717, 1.165) is 19.4 Å². The summed E-state index contributed by atoms with van der Waals surface area (Å²) in [5.74, 6) is -0.450. The van der Waals surface area contributed by atoms with Gasteiger partial charge in [-0.15, -0.1) is 0 Å². The molecule has 3 N–H and O–H groups in total. The quantitative estimate of drug-likeness (QED) is 0.456. The average Bonchev–Trinajstić information content (AvgIpc) is 2.05. The Morgan fingerprint density at radius 1 is 1.75 bits per heavy atom. The lowest BCUT2D eigenvalue weighted by molar-refractivity contribution is -0.145. The fourth-order valence-electron chi connectivity index (χ4n) is 0.634. The van der Waals surface area contributed by atoms with Crippen LogP contribution in [0.1, 0.15) is 26.2 Å². The summed E-state index contributed by atoms with van der Waals surface area (Å²) in [4.78, 5) is 10.9.